The summed E-state index contributed by atoms with van der Waals surface area (Å²) in [7, 11) is -3.50. The first-order chi connectivity index (χ1) is 12.4. The van der Waals surface area contributed by atoms with Gasteiger partial charge in [-0.15, -0.1) is 0 Å². The third-order valence-electron chi connectivity index (χ3n) is 4.23. The Kier molecular flexibility index (Phi) is 7.59. The lowest BCUT2D eigenvalue weighted by molar-refractivity contribution is -0.124. The first-order valence-corrected chi connectivity index (χ1v) is 10.4. The summed E-state index contributed by atoms with van der Waals surface area (Å²) in [6.07, 6.45) is 4.72. The van der Waals surface area contributed by atoms with Gasteiger partial charge in [-0.05, 0) is 43.5 Å². The number of nitrogens with zero attached hydrogens (tertiary/aromatic N) is 1. The number of ether oxygens (including phenoxy) is 1. The smallest absolute Gasteiger partial charge is 0.338 e. The topological polar surface area (TPSA) is 92.8 Å². The largest absolute Gasteiger partial charge is 0.452 e. The zero-order chi connectivity index (χ0) is 19.0. The number of rotatable bonds is 9. The molecule has 1 aromatic carbocycles. The standard InChI is InChI=1S/C18H26N2O5S/c1-2-3-4-11-19-17(21)14-25-18(22)15-7-9-16(10-8-15)26(23,24)20-12-5-6-13-20/h7-10H,2-6,11-14H2,1H3,(H,19,21). The predicted molar refractivity (Wildman–Crippen MR) is 97.3 cm³/mol. The van der Waals surface area contributed by atoms with E-state index in [9.17, 15) is 18.0 Å². The van der Waals surface area contributed by atoms with Crippen molar-refractivity contribution in [2.45, 2.75) is 43.9 Å². The van der Waals surface area contributed by atoms with E-state index in [2.05, 4.69) is 12.2 Å². The van der Waals surface area contributed by atoms with Crippen LogP contribution >= 0.6 is 0 Å². The van der Waals surface area contributed by atoms with Crippen molar-refractivity contribution >= 4 is 21.9 Å². The molecular formula is C18H26N2O5S. The van der Waals surface area contributed by atoms with Crippen LogP contribution in [-0.4, -0.2) is 50.8 Å². The minimum Gasteiger partial charge on any atom is -0.452 e. The summed E-state index contributed by atoms with van der Waals surface area (Å²) >= 11 is 0. The van der Waals surface area contributed by atoms with Crippen molar-refractivity contribution in [1.29, 1.82) is 0 Å². The molecule has 1 N–H and O–H groups in total. The number of unbranched alkanes of at least 4 members (excludes halogenated alkanes) is 2. The maximum atomic E-state index is 12.4. The van der Waals surface area contributed by atoms with Crippen LogP contribution in [0.5, 0.6) is 0 Å². The van der Waals surface area contributed by atoms with Crippen LogP contribution in [0, 0.1) is 0 Å². The van der Waals surface area contributed by atoms with Gasteiger partial charge < -0.3 is 10.1 Å². The lowest BCUT2D eigenvalue weighted by atomic mass is 10.2. The van der Waals surface area contributed by atoms with Crippen molar-refractivity contribution in [3.8, 4) is 0 Å². The molecule has 1 heterocycles. The fourth-order valence-electron chi connectivity index (χ4n) is 2.71. The van der Waals surface area contributed by atoms with E-state index >= 15 is 0 Å². The second-order valence-electron chi connectivity index (χ2n) is 6.27. The zero-order valence-electron chi connectivity index (χ0n) is 15.1. The predicted octanol–water partition coefficient (Wildman–Crippen LogP) is 1.93. The quantitative estimate of drug-likeness (QED) is 0.520. The van der Waals surface area contributed by atoms with Gasteiger partial charge in [-0.25, -0.2) is 13.2 Å². The van der Waals surface area contributed by atoms with Gasteiger partial charge in [0, 0.05) is 19.6 Å². The summed E-state index contributed by atoms with van der Waals surface area (Å²) in [6, 6.07) is 5.61. The van der Waals surface area contributed by atoms with Gasteiger partial charge in [-0.3, -0.25) is 4.79 Å². The SMILES string of the molecule is CCCCCNC(=O)COC(=O)c1ccc(S(=O)(=O)N2CCCC2)cc1. The Morgan fingerprint density at radius 2 is 1.77 bits per heavy atom. The number of carbonyl (C=O) groups excluding carboxylic acids is 2. The van der Waals surface area contributed by atoms with Crippen molar-refractivity contribution in [2.24, 2.45) is 0 Å². The molecule has 1 amide bonds. The van der Waals surface area contributed by atoms with Crippen LogP contribution in [0.25, 0.3) is 0 Å². The highest BCUT2D eigenvalue weighted by atomic mass is 32.2. The van der Waals surface area contributed by atoms with Crippen LogP contribution in [0.4, 0.5) is 0 Å². The second-order valence-corrected chi connectivity index (χ2v) is 8.21. The van der Waals surface area contributed by atoms with E-state index < -0.39 is 16.0 Å². The van der Waals surface area contributed by atoms with E-state index in [0.717, 1.165) is 32.1 Å². The Morgan fingerprint density at radius 3 is 2.38 bits per heavy atom. The molecule has 0 unspecified atom stereocenters. The molecule has 1 aromatic rings. The molecule has 26 heavy (non-hydrogen) atoms. The Balaban J connectivity index is 1.85. The van der Waals surface area contributed by atoms with Crippen molar-refractivity contribution in [3.63, 3.8) is 0 Å². The molecule has 0 radical (unpaired) electrons. The minimum absolute atomic E-state index is 0.157. The lowest BCUT2D eigenvalue weighted by Crippen LogP contribution is -2.29. The molecule has 0 bridgehead atoms. The zero-order valence-corrected chi connectivity index (χ0v) is 15.9. The molecule has 1 aliphatic rings. The van der Waals surface area contributed by atoms with Crippen molar-refractivity contribution in [1.82, 2.24) is 9.62 Å². The Bertz CT molecular complexity index is 710. The van der Waals surface area contributed by atoms with Gasteiger partial charge in [-0.2, -0.15) is 4.31 Å². The monoisotopic (exact) mass is 382 g/mol. The van der Waals surface area contributed by atoms with Gasteiger partial charge in [0.15, 0.2) is 6.61 Å². The molecule has 1 saturated heterocycles. The second kappa shape index (κ2) is 9.68. The number of hydrogen-bond donors (Lipinski definition) is 1. The van der Waals surface area contributed by atoms with Crippen molar-refractivity contribution < 1.29 is 22.7 Å². The highest BCUT2D eigenvalue weighted by Gasteiger charge is 2.27. The summed E-state index contributed by atoms with van der Waals surface area (Å²) < 4.78 is 31.3. The fourth-order valence-corrected chi connectivity index (χ4v) is 4.23. The van der Waals surface area contributed by atoms with E-state index in [0.29, 0.717) is 19.6 Å². The molecule has 144 valence electrons. The number of amides is 1. The Hall–Kier alpha value is -1.93. The number of carbonyl (C=O) groups is 2. The fraction of sp³-hybridized carbons (Fsp3) is 0.556. The van der Waals surface area contributed by atoms with E-state index in [1.165, 1.54) is 28.6 Å². The molecule has 0 spiro atoms. The number of benzene rings is 1. The number of esters is 1. The lowest BCUT2D eigenvalue weighted by Gasteiger charge is -2.15. The summed E-state index contributed by atoms with van der Waals surface area (Å²) in [4.78, 5) is 23.7. The molecule has 7 nitrogen and oxygen atoms in total. The van der Waals surface area contributed by atoms with Crippen molar-refractivity contribution in [2.75, 3.05) is 26.2 Å². The Labute approximate surface area is 154 Å². The van der Waals surface area contributed by atoms with Gasteiger partial charge in [0.1, 0.15) is 0 Å². The van der Waals surface area contributed by atoms with Gasteiger partial charge >= 0.3 is 5.97 Å². The normalized spacial score (nSPS) is 15.0. The molecule has 2 rings (SSSR count). The number of sulfonamides is 1. The molecule has 0 aliphatic carbocycles. The van der Waals surface area contributed by atoms with E-state index in [1.807, 2.05) is 0 Å². The maximum absolute atomic E-state index is 12.4. The van der Waals surface area contributed by atoms with E-state index in [1.54, 1.807) is 0 Å². The average Bonchev–Trinajstić information content (AvgIpc) is 3.19. The van der Waals surface area contributed by atoms with Crippen LogP contribution in [0.1, 0.15) is 49.4 Å². The van der Waals surface area contributed by atoms with Gasteiger partial charge in [-0.1, -0.05) is 19.8 Å². The highest BCUT2D eigenvalue weighted by Crippen LogP contribution is 2.21. The summed E-state index contributed by atoms with van der Waals surface area (Å²) in [5.74, 6) is -0.999. The molecule has 0 saturated carbocycles. The Morgan fingerprint density at radius 1 is 1.12 bits per heavy atom. The number of nitrogens with one attached hydrogen (secondary N) is 1. The average molecular weight is 382 g/mol. The molecule has 0 aromatic heterocycles. The number of hydrogen-bond acceptors (Lipinski definition) is 5. The van der Waals surface area contributed by atoms with E-state index in [-0.39, 0.29) is 23.0 Å². The van der Waals surface area contributed by atoms with E-state index in [4.69, 9.17) is 4.74 Å². The first-order valence-electron chi connectivity index (χ1n) is 8.99. The molecule has 0 atom stereocenters. The van der Waals surface area contributed by atoms with Crippen LogP contribution in [-0.2, 0) is 19.6 Å². The highest BCUT2D eigenvalue weighted by molar-refractivity contribution is 7.89. The summed E-state index contributed by atoms with van der Waals surface area (Å²) in [6.45, 7) is 3.34. The molecule has 8 heteroatoms. The molecule has 1 fully saturated rings. The summed E-state index contributed by atoms with van der Waals surface area (Å²) in [5, 5.41) is 2.68. The van der Waals surface area contributed by atoms with Crippen LogP contribution < -0.4 is 5.32 Å². The molecular weight excluding hydrogens is 356 g/mol. The van der Waals surface area contributed by atoms with Crippen molar-refractivity contribution in [3.05, 3.63) is 29.8 Å². The van der Waals surface area contributed by atoms with Gasteiger partial charge in [0.2, 0.25) is 10.0 Å². The van der Waals surface area contributed by atoms with Crippen LogP contribution in [0.15, 0.2) is 29.2 Å². The minimum atomic E-state index is -3.50. The first kappa shape index (κ1) is 20.4. The molecule has 1 aliphatic heterocycles. The van der Waals surface area contributed by atoms with Crippen LogP contribution in [0.3, 0.4) is 0 Å². The van der Waals surface area contributed by atoms with Gasteiger partial charge in [0.05, 0.1) is 10.5 Å². The third-order valence-corrected chi connectivity index (χ3v) is 6.14. The third kappa shape index (κ3) is 5.54. The maximum Gasteiger partial charge on any atom is 0.338 e. The summed E-state index contributed by atoms with van der Waals surface area (Å²) in [5.41, 5.74) is 0.212. The van der Waals surface area contributed by atoms with Gasteiger partial charge in [0.25, 0.3) is 5.91 Å². The van der Waals surface area contributed by atoms with Crippen LogP contribution in [0.2, 0.25) is 0 Å².